The SMILES string of the molecule is CCCC1=C(C(=O)OCC)C(c2ccc([N+](=O)[O-])cc2)NC(=S)N1. The highest BCUT2D eigenvalue weighted by Crippen LogP contribution is 2.30. The van der Waals surface area contributed by atoms with Crippen molar-refractivity contribution in [3.05, 3.63) is 51.2 Å². The number of nitro groups is 1. The van der Waals surface area contributed by atoms with E-state index in [-0.39, 0.29) is 12.3 Å². The molecule has 1 aliphatic heterocycles. The quantitative estimate of drug-likeness (QED) is 0.353. The molecule has 7 nitrogen and oxygen atoms in total. The Labute approximate surface area is 145 Å². The van der Waals surface area contributed by atoms with Gasteiger partial charge in [-0.15, -0.1) is 0 Å². The molecule has 0 saturated carbocycles. The maximum Gasteiger partial charge on any atom is 0.338 e. The molecule has 0 spiro atoms. The summed E-state index contributed by atoms with van der Waals surface area (Å²) in [5, 5.41) is 17.3. The molecule has 1 heterocycles. The summed E-state index contributed by atoms with van der Waals surface area (Å²) in [5.74, 6) is -0.424. The third kappa shape index (κ3) is 3.88. The number of ether oxygens (including phenoxy) is 1. The number of allylic oxidation sites excluding steroid dienone is 1. The van der Waals surface area contributed by atoms with Crippen LogP contribution in [0.4, 0.5) is 5.69 Å². The summed E-state index contributed by atoms with van der Waals surface area (Å²) >= 11 is 5.23. The number of carbonyl (C=O) groups is 1. The predicted molar refractivity (Wildman–Crippen MR) is 93.3 cm³/mol. The predicted octanol–water partition coefficient (Wildman–Crippen LogP) is 2.73. The van der Waals surface area contributed by atoms with E-state index in [0.29, 0.717) is 22.7 Å². The van der Waals surface area contributed by atoms with Crippen LogP contribution in [0, 0.1) is 10.1 Å². The van der Waals surface area contributed by atoms with Gasteiger partial charge in [-0.3, -0.25) is 10.1 Å². The van der Waals surface area contributed by atoms with Crippen LogP contribution in [0.3, 0.4) is 0 Å². The van der Waals surface area contributed by atoms with Crippen LogP contribution in [0.25, 0.3) is 0 Å². The van der Waals surface area contributed by atoms with E-state index in [1.54, 1.807) is 19.1 Å². The topological polar surface area (TPSA) is 93.5 Å². The Morgan fingerprint density at radius 2 is 2.00 bits per heavy atom. The third-order valence-electron chi connectivity index (χ3n) is 3.59. The zero-order valence-electron chi connectivity index (χ0n) is 13.5. The number of carbonyl (C=O) groups excluding carboxylic acids is 1. The number of hydrogen-bond donors (Lipinski definition) is 2. The highest BCUT2D eigenvalue weighted by atomic mass is 32.1. The lowest BCUT2D eigenvalue weighted by Crippen LogP contribution is -2.45. The van der Waals surface area contributed by atoms with Crippen LogP contribution < -0.4 is 10.6 Å². The Kier molecular flexibility index (Phi) is 5.86. The second-order valence-electron chi connectivity index (χ2n) is 5.24. The van der Waals surface area contributed by atoms with Crippen LogP contribution in [-0.4, -0.2) is 22.6 Å². The molecular weight excluding hydrogens is 330 g/mol. The minimum absolute atomic E-state index is 0.00860. The van der Waals surface area contributed by atoms with Crippen LogP contribution in [0.2, 0.25) is 0 Å². The van der Waals surface area contributed by atoms with Crippen molar-refractivity contribution in [2.75, 3.05) is 6.61 Å². The van der Waals surface area contributed by atoms with Crippen LogP contribution in [-0.2, 0) is 9.53 Å². The minimum atomic E-state index is -0.500. The van der Waals surface area contributed by atoms with Crippen molar-refractivity contribution in [2.24, 2.45) is 0 Å². The van der Waals surface area contributed by atoms with Crippen LogP contribution >= 0.6 is 12.2 Å². The largest absolute Gasteiger partial charge is 0.463 e. The molecular formula is C16H19N3O4S. The van der Waals surface area contributed by atoms with E-state index in [1.165, 1.54) is 12.1 Å². The van der Waals surface area contributed by atoms with Gasteiger partial charge in [-0.1, -0.05) is 13.3 Å². The van der Waals surface area contributed by atoms with Gasteiger partial charge in [0.05, 0.1) is 23.1 Å². The molecule has 1 atom stereocenters. The smallest absolute Gasteiger partial charge is 0.338 e. The second kappa shape index (κ2) is 7.87. The number of rotatable bonds is 6. The first kappa shape index (κ1) is 17.9. The minimum Gasteiger partial charge on any atom is -0.463 e. The number of thiocarbonyl (C=S) groups is 1. The van der Waals surface area contributed by atoms with E-state index in [2.05, 4.69) is 10.6 Å². The molecule has 0 bridgehead atoms. The summed E-state index contributed by atoms with van der Waals surface area (Å²) in [6, 6.07) is 5.55. The van der Waals surface area contributed by atoms with Gasteiger partial charge < -0.3 is 15.4 Å². The summed E-state index contributed by atoms with van der Waals surface area (Å²) in [6.45, 7) is 4.01. The Hall–Kier alpha value is -2.48. The maximum atomic E-state index is 12.4. The summed E-state index contributed by atoms with van der Waals surface area (Å²) in [4.78, 5) is 22.8. The lowest BCUT2D eigenvalue weighted by Gasteiger charge is -2.31. The average Bonchev–Trinajstić information content (AvgIpc) is 2.55. The van der Waals surface area contributed by atoms with Crippen molar-refractivity contribution in [3.63, 3.8) is 0 Å². The van der Waals surface area contributed by atoms with Crippen LogP contribution in [0.15, 0.2) is 35.5 Å². The number of nitro benzene ring substituents is 1. The molecule has 2 N–H and O–H groups in total. The third-order valence-corrected chi connectivity index (χ3v) is 3.81. The molecule has 0 aliphatic carbocycles. The first-order valence-corrected chi connectivity index (χ1v) is 8.10. The van der Waals surface area contributed by atoms with E-state index in [1.807, 2.05) is 6.92 Å². The highest BCUT2D eigenvalue weighted by molar-refractivity contribution is 7.80. The van der Waals surface area contributed by atoms with Crippen molar-refractivity contribution in [2.45, 2.75) is 32.7 Å². The zero-order chi connectivity index (χ0) is 17.7. The van der Waals surface area contributed by atoms with Gasteiger partial charge >= 0.3 is 5.97 Å². The summed E-state index contributed by atoms with van der Waals surface area (Å²) in [7, 11) is 0. The van der Waals surface area contributed by atoms with Crippen molar-refractivity contribution in [1.29, 1.82) is 0 Å². The Bertz CT molecular complexity index is 685. The van der Waals surface area contributed by atoms with E-state index in [4.69, 9.17) is 17.0 Å². The monoisotopic (exact) mass is 349 g/mol. The molecule has 0 amide bonds. The summed E-state index contributed by atoms with van der Waals surface area (Å²) < 4.78 is 5.18. The Morgan fingerprint density at radius 3 is 2.54 bits per heavy atom. The van der Waals surface area contributed by atoms with Crippen molar-refractivity contribution in [3.8, 4) is 0 Å². The normalized spacial score (nSPS) is 17.1. The van der Waals surface area contributed by atoms with Gasteiger partial charge in [0.15, 0.2) is 5.11 Å². The molecule has 24 heavy (non-hydrogen) atoms. The molecule has 1 aromatic rings. The Morgan fingerprint density at radius 1 is 1.33 bits per heavy atom. The van der Waals surface area contributed by atoms with Gasteiger partial charge in [0.25, 0.3) is 5.69 Å². The first-order chi connectivity index (χ1) is 11.5. The molecule has 0 aromatic heterocycles. The molecule has 1 aliphatic rings. The highest BCUT2D eigenvalue weighted by Gasteiger charge is 2.32. The fourth-order valence-corrected chi connectivity index (χ4v) is 2.79. The summed E-state index contributed by atoms with van der Waals surface area (Å²) in [6.07, 6.45) is 1.49. The van der Waals surface area contributed by atoms with Gasteiger partial charge in [-0.25, -0.2) is 4.79 Å². The van der Waals surface area contributed by atoms with Gasteiger partial charge in [0.2, 0.25) is 0 Å². The van der Waals surface area contributed by atoms with Gasteiger partial charge in [0, 0.05) is 17.8 Å². The molecule has 0 fully saturated rings. The van der Waals surface area contributed by atoms with Crippen molar-refractivity contribution < 1.29 is 14.5 Å². The maximum absolute atomic E-state index is 12.4. The zero-order valence-corrected chi connectivity index (χ0v) is 14.3. The average molecular weight is 349 g/mol. The number of hydrogen-bond acceptors (Lipinski definition) is 5. The number of nitrogens with one attached hydrogen (secondary N) is 2. The molecule has 0 saturated heterocycles. The first-order valence-electron chi connectivity index (χ1n) is 7.69. The number of esters is 1. The van der Waals surface area contributed by atoms with Gasteiger partial charge in [-0.2, -0.15) is 0 Å². The van der Waals surface area contributed by atoms with E-state index < -0.39 is 16.9 Å². The molecule has 1 aromatic carbocycles. The number of non-ortho nitro benzene ring substituents is 1. The second-order valence-corrected chi connectivity index (χ2v) is 5.65. The standard InChI is InChI=1S/C16H19N3O4S/c1-3-5-12-13(15(20)23-4-2)14(18-16(24)17-12)10-6-8-11(9-7-10)19(21)22/h6-9,14H,3-5H2,1-2H3,(H2,17,18,24). The lowest BCUT2D eigenvalue weighted by atomic mass is 9.94. The molecule has 1 unspecified atom stereocenters. The fourth-order valence-electron chi connectivity index (χ4n) is 2.55. The van der Waals surface area contributed by atoms with E-state index >= 15 is 0 Å². The van der Waals surface area contributed by atoms with Crippen LogP contribution in [0.1, 0.15) is 38.3 Å². The Balaban J connectivity index is 2.46. The van der Waals surface area contributed by atoms with Crippen molar-refractivity contribution >= 4 is 29.0 Å². The molecule has 8 heteroatoms. The van der Waals surface area contributed by atoms with Crippen molar-refractivity contribution in [1.82, 2.24) is 10.6 Å². The molecule has 0 radical (unpaired) electrons. The fraction of sp³-hybridized carbons (Fsp3) is 0.375. The number of benzene rings is 1. The van der Waals surface area contributed by atoms with E-state index in [0.717, 1.165) is 12.1 Å². The van der Waals surface area contributed by atoms with E-state index in [9.17, 15) is 14.9 Å². The summed E-state index contributed by atoms with van der Waals surface area (Å²) in [5.41, 5.74) is 1.89. The van der Waals surface area contributed by atoms with Gasteiger partial charge in [0.1, 0.15) is 0 Å². The molecule has 2 rings (SSSR count). The number of nitrogens with zero attached hydrogens (tertiary/aromatic N) is 1. The molecule has 128 valence electrons. The van der Waals surface area contributed by atoms with Crippen LogP contribution in [0.5, 0.6) is 0 Å². The van der Waals surface area contributed by atoms with Gasteiger partial charge in [-0.05, 0) is 43.3 Å². The lowest BCUT2D eigenvalue weighted by molar-refractivity contribution is -0.384.